The van der Waals surface area contributed by atoms with Gasteiger partial charge in [-0.25, -0.2) is 0 Å². The van der Waals surface area contributed by atoms with Gasteiger partial charge in [-0.15, -0.1) is 0 Å². The van der Waals surface area contributed by atoms with Gasteiger partial charge < -0.3 is 14.8 Å². The van der Waals surface area contributed by atoms with Gasteiger partial charge in [-0.1, -0.05) is 0 Å². The summed E-state index contributed by atoms with van der Waals surface area (Å²) in [6, 6.07) is -0.662. The number of carbonyl (C=O) groups is 1. The molecule has 112 valence electrons. The van der Waals surface area contributed by atoms with Crippen LogP contribution in [0, 0.1) is 22.0 Å². The third kappa shape index (κ3) is 2.78. The Balaban J connectivity index is 1.38. The van der Waals surface area contributed by atoms with E-state index >= 15 is 0 Å². The zero-order chi connectivity index (χ0) is 14.2. The highest BCUT2D eigenvalue weighted by molar-refractivity contribution is 5.81. The lowest BCUT2D eigenvalue weighted by atomic mass is 9.85. The van der Waals surface area contributed by atoms with E-state index in [1.165, 1.54) is 0 Å². The van der Waals surface area contributed by atoms with Gasteiger partial charge in [-0.05, 0) is 18.8 Å². The summed E-state index contributed by atoms with van der Waals surface area (Å²) in [4.78, 5) is 21.9. The zero-order valence-corrected chi connectivity index (χ0v) is 11.4. The number of nitrogens with one attached hydrogen (secondary N) is 1. The van der Waals surface area contributed by atoms with Crippen molar-refractivity contribution in [2.45, 2.75) is 43.9 Å². The fraction of sp³-hybridized carbons (Fsp3) is 0.923. The fourth-order valence-corrected chi connectivity index (χ4v) is 3.18. The number of ether oxygens (including phenoxy) is 2. The summed E-state index contributed by atoms with van der Waals surface area (Å²) in [5, 5.41) is 13.4. The average Bonchev–Trinajstić information content (AvgIpc) is 3.14. The van der Waals surface area contributed by atoms with E-state index in [9.17, 15) is 14.9 Å². The molecule has 2 saturated carbocycles. The standard InChI is InChI=1S/C13H20N2O5/c16-12(10-7-11(10)15(17)18)14-8-9-1-3-13(4-2-9)19-5-6-20-13/h9-11H,1-8H2,(H,14,16)/t10-,11-/m0/s1. The van der Waals surface area contributed by atoms with Crippen LogP contribution in [0.25, 0.3) is 0 Å². The first-order valence-electron chi connectivity index (χ1n) is 7.29. The van der Waals surface area contributed by atoms with Gasteiger partial charge in [0.1, 0.15) is 5.92 Å². The zero-order valence-electron chi connectivity index (χ0n) is 11.4. The SMILES string of the molecule is O=C(NCC1CCC2(CC1)OCCO2)[C@H]1C[C@@H]1[N+](=O)[O-]. The number of hydrogen-bond donors (Lipinski definition) is 1. The van der Waals surface area contributed by atoms with E-state index < -0.39 is 12.0 Å². The van der Waals surface area contributed by atoms with E-state index in [2.05, 4.69) is 5.32 Å². The van der Waals surface area contributed by atoms with Crippen molar-refractivity contribution in [2.75, 3.05) is 19.8 Å². The van der Waals surface area contributed by atoms with Gasteiger partial charge in [-0.3, -0.25) is 14.9 Å². The second-order valence-electron chi connectivity index (χ2n) is 5.99. The third-order valence-corrected chi connectivity index (χ3v) is 4.61. The minimum atomic E-state index is -0.662. The van der Waals surface area contributed by atoms with E-state index in [1.807, 2.05) is 0 Å². The topological polar surface area (TPSA) is 90.7 Å². The van der Waals surface area contributed by atoms with Crippen LogP contribution in [-0.4, -0.2) is 42.4 Å². The average molecular weight is 284 g/mol. The molecular formula is C13H20N2O5. The largest absolute Gasteiger partial charge is 0.355 e. The van der Waals surface area contributed by atoms with Gasteiger partial charge in [0, 0.05) is 30.7 Å². The maximum absolute atomic E-state index is 11.7. The predicted molar refractivity (Wildman–Crippen MR) is 68.5 cm³/mol. The molecule has 1 amide bonds. The van der Waals surface area contributed by atoms with Crippen molar-refractivity contribution < 1.29 is 19.2 Å². The summed E-state index contributed by atoms with van der Waals surface area (Å²) in [6.07, 6.45) is 4.05. The Labute approximate surface area is 117 Å². The van der Waals surface area contributed by atoms with E-state index in [0.29, 0.717) is 32.1 Å². The predicted octanol–water partition coefficient (Wildman–Crippen LogP) is 0.701. The fourth-order valence-electron chi connectivity index (χ4n) is 3.18. The van der Waals surface area contributed by atoms with Crippen LogP contribution >= 0.6 is 0 Å². The molecule has 0 aromatic rings. The molecule has 0 aromatic heterocycles. The Kier molecular flexibility index (Phi) is 3.64. The van der Waals surface area contributed by atoms with Crippen molar-refractivity contribution in [3.8, 4) is 0 Å². The monoisotopic (exact) mass is 284 g/mol. The number of hydrogen-bond acceptors (Lipinski definition) is 5. The van der Waals surface area contributed by atoms with Crippen molar-refractivity contribution in [3.05, 3.63) is 10.1 Å². The van der Waals surface area contributed by atoms with E-state index in [4.69, 9.17) is 9.47 Å². The van der Waals surface area contributed by atoms with Gasteiger partial charge in [0.25, 0.3) is 0 Å². The molecule has 1 N–H and O–H groups in total. The van der Waals surface area contributed by atoms with Crippen LogP contribution in [0.4, 0.5) is 0 Å². The summed E-state index contributed by atoms with van der Waals surface area (Å²) in [5.74, 6) is -0.528. The van der Waals surface area contributed by atoms with Crippen LogP contribution < -0.4 is 5.32 Å². The molecule has 0 radical (unpaired) electrons. The third-order valence-electron chi connectivity index (χ3n) is 4.61. The normalized spacial score (nSPS) is 32.2. The Morgan fingerprint density at radius 3 is 2.50 bits per heavy atom. The number of rotatable bonds is 4. The summed E-state index contributed by atoms with van der Waals surface area (Å²) < 4.78 is 11.3. The van der Waals surface area contributed by atoms with Crippen LogP contribution in [0.15, 0.2) is 0 Å². The number of amides is 1. The minimum absolute atomic E-state index is 0.166. The summed E-state index contributed by atoms with van der Waals surface area (Å²) in [7, 11) is 0. The molecule has 1 spiro atoms. The Hall–Kier alpha value is -1.21. The smallest absolute Gasteiger partial charge is 0.230 e. The second-order valence-corrected chi connectivity index (χ2v) is 5.99. The summed E-state index contributed by atoms with van der Waals surface area (Å²) >= 11 is 0. The van der Waals surface area contributed by atoms with Crippen molar-refractivity contribution >= 4 is 5.91 Å². The lowest BCUT2D eigenvalue weighted by Crippen LogP contribution is -2.39. The molecule has 7 heteroatoms. The molecule has 1 heterocycles. The van der Waals surface area contributed by atoms with Crippen LogP contribution in [0.1, 0.15) is 32.1 Å². The molecule has 20 heavy (non-hydrogen) atoms. The Bertz CT molecular complexity index is 398. The molecule has 2 atom stereocenters. The number of nitro groups is 1. The van der Waals surface area contributed by atoms with E-state index in [-0.39, 0.29) is 16.6 Å². The quantitative estimate of drug-likeness (QED) is 0.606. The van der Waals surface area contributed by atoms with E-state index in [1.54, 1.807) is 0 Å². The van der Waals surface area contributed by atoms with Crippen LogP contribution in [0.2, 0.25) is 0 Å². The van der Waals surface area contributed by atoms with Gasteiger partial charge in [-0.2, -0.15) is 0 Å². The summed E-state index contributed by atoms with van der Waals surface area (Å²) in [6.45, 7) is 1.95. The molecule has 3 aliphatic rings. The molecule has 1 saturated heterocycles. The van der Waals surface area contributed by atoms with Gasteiger partial charge in [0.2, 0.25) is 11.9 Å². The second kappa shape index (κ2) is 5.29. The van der Waals surface area contributed by atoms with Gasteiger partial charge >= 0.3 is 0 Å². The van der Waals surface area contributed by atoms with E-state index in [0.717, 1.165) is 25.7 Å². The lowest BCUT2D eigenvalue weighted by molar-refractivity contribution is -0.497. The first-order valence-corrected chi connectivity index (χ1v) is 7.29. The molecule has 1 aliphatic heterocycles. The number of carbonyl (C=O) groups excluding carboxylic acids is 1. The molecule has 2 aliphatic carbocycles. The number of nitrogens with zero attached hydrogens (tertiary/aromatic N) is 1. The lowest BCUT2D eigenvalue weighted by Gasteiger charge is -2.35. The van der Waals surface area contributed by atoms with Crippen LogP contribution in [0.3, 0.4) is 0 Å². The molecule has 0 aromatic carbocycles. The van der Waals surface area contributed by atoms with Gasteiger partial charge in [0.15, 0.2) is 5.79 Å². The maximum Gasteiger partial charge on any atom is 0.230 e. The van der Waals surface area contributed by atoms with Crippen molar-refractivity contribution in [1.82, 2.24) is 5.32 Å². The highest BCUT2D eigenvalue weighted by atomic mass is 16.7. The van der Waals surface area contributed by atoms with Crippen molar-refractivity contribution in [1.29, 1.82) is 0 Å². The van der Waals surface area contributed by atoms with Crippen LogP contribution in [-0.2, 0) is 14.3 Å². The van der Waals surface area contributed by atoms with Gasteiger partial charge in [0.05, 0.1) is 13.2 Å². The summed E-state index contributed by atoms with van der Waals surface area (Å²) in [5.41, 5.74) is 0. The first-order chi connectivity index (χ1) is 9.60. The maximum atomic E-state index is 11.7. The molecule has 0 unspecified atom stereocenters. The molecule has 3 rings (SSSR count). The molecular weight excluding hydrogens is 264 g/mol. The molecule has 3 fully saturated rings. The highest BCUT2D eigenvalue weighted by Crippen LogP contribution is 2.38. The molecule has 7 nitrogen and oxygen atoms in total. The molecule has 0 bridgehead atoms. The van der Waals surface area contributed by atoms with Crippen LogP contribution in [0.5, 0.6) is 0 Å². The first kappa shape index (κ1) is 13.8. The highest BCUT2D eigenvalue weighted by Gasteiger charge is 2.53. The van der Waals surface area contributed by atoms with Crippen molar-refractivity contribution in [3.63, 3.8) is 0 Å². The Morgan fingerprint density at radius 1 is 1.30 bits per heavy atom. The minimum Gasteiger partial charge on any atom is -0.355 e. The Morgan fingerprint density at radius 2 is 1.95 bits per heavy atom. The van der Waals surface area contributed by atoms with Crippen molar-refractivity contribution in [2.24, 2.45) is 11.8 Å².